The van der Waals surface area contributed by atoms with E-state index in [1.807, 2.05) is 0 Å². The number of carbonyl (C=O) groups is 2. The van der Waals surface area contributed by atoms with Gasteiger partial charge < -0.3 is 15.3 Å². The van der Waals surface area contributed by atoms with Crippen molar-refractivity contribution in [3.05, 3.63) is 17.0 Å². The largest absolute Gasteiger partial charge is 0.478 e. The lowest BCUT2D eigenvalue weighted by Gasteiger charge is -2.32. The van der Waals surface area contributed by atoms with Crippen LogP contribution in [0.4, 0.5) is 9.80 Å². The molecule has 1 aliphatic rings. The molecular weight excluding hydrogens is 278 g/mol. The number of likely N-dealkylation sites (tertiary alicyclic amines) is 1. The maximum Gasteiger partial charge on any atom is 0.338 e. The number of aromatic carboxylic acids is 1. The van der Waals surface area contributed by atoms with Crippen LogP contribution in [-0.4, -0.2) is 48.2 Å². The van der Waals surface area contributed by atoms with Crippen LogP contribution in [0.15, 0.2) is 11.4 Å². The van der Waals surface area contributed by atoms with Gasteiger partial charge in [-0.2, -0.15) is 0 Å². The molecule has 3 N–H and O–H groups in total. The molecule has 1 unspecified atom stereocenters. The van der Waals surface area contributed by atoms with Gasteiger partial charge >= 0.3 is 12.0 Å². The summed E-state index contributed by atoms with van der Waals surface area (Å²) < 4.78 is 0. The number of amides is 2. The third-order valence-corrected chi connectivity index (χ3v) is 4.37. The van der Waals surface area contributed by atoms with Crippen molar-refractivity contribution in [3.8, 4) is 0 Å². The number of rotatable bonds is 4. The maximum absolute atomic E-state index is 11.8. The van der Waals surface area contributed by atoms with Crippen molar-refractivity contribution in [1.82, 2.24) is 10.2 Å². The Morgan fingerprint density at radius 3 is 3.00 bits per heavy atom. The lowest BCUT2D eigenvalue weighted by atomic mass is 10.0. The van der Waals surface area contributed by atoms with E-state index >= 15 is 0 Å². The number of anilines is 1. The molecule has 2 amide bonds. The Bertz CT molecular complexity index is 489. The molecule has 0 saturated carbocycles. The van der Waals surface area contributed by atoms with Crippen LogP contribution in [0.25, 0.3) is 0 Å². The molecule has 2 heterocycles. The molecule has 110 valence electrons. The molecule has 6 nitrogen and oxygen atoms in total. The second kappa shape index (κ2) is 6.71. The van der Waals surface area contributed by atoms with E-state index in [0.717, 1.165) is 13.0 Å². The molecule has 20 heavy (non-hydrogen) atoms. The lowest BCUT2D eigenvalue weighted by molar-refractivity contribution is 0.0698. The van der Waals surface area contributed by atoms with Crippen LogP contribution in [0, 0.1) is 0 Å². The van der Waals surface area contributed by atoms with E-state index in [0.29, 0.717) is 17.6 Å². The first-order chi connectivity index (χ1) is 9.58. The summed E-state index contributed by atoms with van der Waals surface area (Å²) in [4.78, 5) is 25.0. The molecular formula is C13H19N3O3S. The summed E-state index contributed by atoms with van der Waals surface area (Å²) in [6.07, 6.45) is 3.47. The Morgan fingerprint density at radius 2 is 2.30 bits per heavy atom. The molecule has 1 atom stereocenters. The monoisotopic (exact) mass is 297 g/mol. The predicted molar refractivity (Wildman–Crippen MR) is 78.6 cm³/mol. The SMILES string of the molecule is CN1CCCCC1CNC(=O)Nc1sccc1C(=O)O. The van der Waals surface area contributed by atoms with Crippen LogP contribution >= 0.6 is 11.3 Å². The third-order valence-electron chi connectivity index (χ3n) is 3.54. The van der Waals surface area contributed by atoms with E-state index in [2.05, 4.69) is 22.6 Å². The molecule has 1 fully saturated rings. The number of piperidine rings is 1. The van der Waals surface area contributed by atoms with E-state index in [9.17, 15) is 9.59 Å². The minimum atomic E-state index is -1.03. The van der Waals surface area contributed by atoms with Gasteiger partial charge in [0.15, 0.2) is 0 Å². The van der Waals surface area contributed by atoms with Crippen molar-refractivity contribution in [3.63, 3.8) is 0 Å². The molecule has 1 aliphatic heterocycles. The lowest BCUT2D eigenvalue weighted by Crippen LogP contribution is -2.45. The van der Waals surface area contributed by atoms with Gasteiger partial charge in [-0.25, -0.2) is 9.59 Å². The number of carbonyl (C=O) groups excluding carboxylic acids is 1. The van der Waals surface area contributed by atoms with Gasteiger partial charge in [-0.15, -0.1) is 11.3 Å². The van der Waals surface area contributed by atoms with E-state index in [-0.39, 0.29) is 11.6 Å². The van der Waals surface area contributed by atoms with Crippen LogP contribution in [0.3, 0.4) is 0 Å². The van der Waals surface area contributed by atoms with Gasteiger partial charge in [0.05, 0.1) is 5.56 Å². The summed E-state index contributed by atoms with van der Waals surface area (Å²) in [5, 5.41) is 16.4. The zero-order valence-corrected chi connectivity index (χ0v) is 12.2. The van der Waals surface area contributed by atoms with Crippen molar-refractivity contribution < 1.29 is 14.7 Å². The molecule has 0 aromatic carbocycles. The molecule has 7 heteroatoms. The summed E-state index contributed by atoms with van der Waals surface area (Å²) in [6, 6.07) is 1.49. The number of nitrogens with zero attached hydrogens (tertiary/aromatic N) is 1. The zero-order valence-electron chi connectivity index (χ0n) is 11.4. The molecule has 0 bridgehead atoms. The molecule has 0 spiro atoms. The minimum absolute atomic E-state index is 0.125. The number of carboxylic acid groups (broad SMARTS) is 1. The minimum Gasteiger partial charge on any atom is -0.478 e. The fraction of sp³-hybridized carbons (Fsp3) is 0.538. The van der Waals surface area contributed by atoms with Gasteiger partial charge in [-0.1, -0.05) is 6.42 Å². The number of hydrogen-bond donors (Lipinski definition) is 3. The molecule has 2 rings (SSSR count). The Kier molecular flexibility index (Phi) is 4.97. The fourth-order valence-corrected chi connectivity index (χ4v) is 3.11. The molecule has 1 aromatic heterocycles. The van der Waals surface area contributed by atoms with Gasteiger partial charge in [0.1, 0.15) is 5.00 Å². The van der Waals surface area contributed by atoms with E-state index in [1.54, 1.807) is 5.38 Å². The number of carboxylic acids is 1. The number of hydrogen-bond acceptors (Lipinski definition) is 4. The van der Waals surface area contributed by atoms with E-state index in [1.165, 1.54) is 30.2 Å². The van der Waals surface area contributed by atoms with Gasteiger partial charge in [-0.3, -0.25) is 5.32 Å². The Labute approximate surface area is 121 Å². The average molecular weight is 297 g/mol. The molecule has 1 saturated heterocycles. The highest BCUT2D eigenvalue weighted by molar-refractivity contribution is 7.14. The van der Waals surface area contributed by atoms with Crippen molar-refractivity contribution >= 4 is 28.3 Å². The van der Waals surface area contributed by atoms with Crippen LogP contribution in [0.1, 0.15) is 29.6 Å². The molecule has 0 radical (unpaired) electrons. The quantitative estimate of drug-likeness (QED) is 0.794. The Balaban J connectivity index is 1.83. The molecule has 1 aromatic rings. The first kappa shape index (κ1) is 14.8. The highest BCUT2D eigenvalue weighted by Gasteiger charge is 2.20. The summed E-state index contributed by atoms with van der Waals surface area (Å²) >= 11 is 1.20. The standard InChI is InChI=1S/C13H19N3O3S/c1-16-6-3-2-4-9(16)8-14-13(19)15-11-10(12(17)18)5-7-20-11/h5,7,9H,2-4,6,8H2,1H3,(H,17,18)(H2,14,15,19). The first-order valence-corrected chi connectivity index (χ1v) is 7.52. The summed E-state index contributed by atoms with van der Waals surface area (Å²) in [7, 11) is 2.06. The van der Waals surface area contributed by atoms with Crippen molar-refractivity contribution in [2.24, 2.45) is 0 Å². The Hall–Kier alpha value is -1.60. The average Bonchev–Trinajstić information content (AvgIpc) is 2.86. The highest BCUT2D eigenvalue weighted by Crippen LogP contribution is 2.22. The van der Waals surface area contributed by atoms with E-state index < -0.39 is 5.97 Å². The summed E-state index contributed by atoms with van der Waals surface area (Å²) in [6.45, 7) is 1.64. The number of nitrogens with one attached hydrogen (secondary N) is 2. The summed E-state index contributed by atoms with van der Waals surface area (Å²) in [5.41, 5.74) is 0.125. The zero-order chi connectivity index (χ0) is 14.5. The second-order valence-corrected chi connectivity index (χ2v) is 5.85. The smallest absolute Gasteiger partial charge is 0.338 e. The van der Waals surface area contributed by atoms with Crippen LogP contribution in [0.2, 0.25) is 0 Å². The van der Waals surface area contributed by atoms with Gasteiger partial charge in [0, 0.05) is 12.6 Å². The van der Waals surface area contributed by atoms with Gasteiger partial charge in [-0.05, 0) is 37.9 Å². The van der Waals surface area contributed by atoms with Gasteiger partial charge in [0.25, 0.3) is 0 Å². The Morgan fingerprint density at radius 1 is 1.50 bits per heavy atom. The van der Waals surface area contributed by atoms with Crippen LogP contribution < -0.4 is 10.6 Å². The third kappa shape index (κ3) is 3.71. The fourth-order valence-electron chi connectivity index (χ4n) is 2.33. The molecule has 0 aliphatic carbocycles. The maximum atomic E-state index is 11.8. The number of likely N-dealkylation sites (N-methyl/N-ethyl adjacent to an activating group) is 1. The summed E-state index contributed by atoms with van der Waals surface area (Å²) in [5.74, 6) is -1.03. The van der Waals surface area contributed by atoms with Crippen molar-refractivity contribution in [2.45, 2.75) is 25.3 Å². The van der Waals surface area contributed by atoms with Crippen molar-refractivity contribution in [1.29, 1.82) is 0 Å². The normalized spacial score (nSPS) is 19.6. The topological polar surface area (TPSA) is 81.7 Å². The second-order valence-electron chi connectivity index (χ2n) is 4.93. The van der Waals surface area contributed by atoms with Crippen LogP contribution in [0.5, 0.6) is 0 Å². The van der Waals surface area contributed by atoms with Crippen molar-refractivity contribution in [2.75, 3.05) is 25.5 Å². The number of thiophene rings is 1. The highest BCUT2D eigenvalue weighted by atomic mass is 32.1. The first-order valence-electron chi connectivity index (χ1n) is 6.64. The number of urea groups is 1. The van der Waals surface area contributed by atoms with Crippen LogP contribution in [-0.2, 0) is 0 Å². The van der Waals surface area contributed by atoms with Gasteiger partial charge in [0.2, 0.25) is 0 Å². The van der Waals surface area contributed by atoms with E-state index in [4.69, 9.17) is 5.11 Å². The predicted octanol–water partition coefficient (Wildman–Crippen LogP) is 2.05.